The van der Waals surface area contributed by atoms with Gasteiger partial charge in [-0.15, -0.1) is 0 Å². The average molecular weight is 388 g/mol. The van der Waals surface area contributed by atoms with Crippen molar-refractivity contribution in [2.24, 2.45) is 5.73 Å². The number of carbonyl (C=O) groups is 1. The molecular weight excluding hydrogens is 366 g/mol. The second-order valence-electron chi connectivity index (χ2n) is 7.12. The molecule has 2 heterocycles. The quantitative estimate of drug-likeness (QED) is 0.819. The fourth-order valence-corrected chi connectivity index (χ4v) is 4.18. The number of hydrogen-bond donors (Lipinski definition) is 2. The molecule has 1 aromatic heterocycles. The zero-order valence-electron chi connectivity index (χ0n) is 15.0. The van der Waals surface area contributed by atoms with Gasteiger partial charge in [-0.2, -0.15) is 0 Å². The van der Waals surface area contributed by atoms with Gasteiger partial charge in [0.1, 0.15) is 19.0 Å². The summed E-state index contributed by atoms with van der Waals surface area (Å²) >= 11 is 6.28. The van der Waals surface area contributed by atoms with E-state index in [1.807, 2.05) is 6.07 Å². The third-order valence-corrected chi connectivity index (χ3v) is 5.72. The molecule has 1 fully saturated rings. The van der Waals surface area contributed by atoms with Gasteiger partial charge >= 0.3 is 0 Å². The van der Waals surface area contributed by atoms with Gasteiger partial charge in [-0.05, 0) is 36.6 Å². The number of primary amides is 1. The van der Waals surface area contributed by atoms with Crippen molar-refractivity contribution >= 4 is 23.3 Å². The Morgan fingerprint density at radius 2 is 1.93 bits per heavy atom. The van der Waals surface area contributed by atoms with Crippen molar-refractivity contribution in [2.45, 2.75) is 31.1 Å². The molecule has 0 bridgehead atoms. The zero-order chi connectivity index (χ0) is 18.9. The van der Waals surface area contributed by atoms with E-state index in [0.29, 0.717) is 36.2 Å². The predicted molar refractivity (Wildman–Crippen MR) is 104 cm³/mol. The number of hydrogen-bond acceptors (Lipinski definition) is 5. The topological polar surface area (TPSA) is 86.5 Å². The highest BCUT2D eigenvalue weighted by Gasteiger charge is 2.36. The van der Waals surface area contributed by atoms with Crippen LogP contribution in [0, 0.1) is 0 Å². The van der Waals surface area contributed by atoms with E-state index in [1.54, 1.807) is 6.07 Å². The predicted octanol–water partition coefficient (Wildman–Crippen LogP) is 3.53. The van der Waals surface area contributed by atoms with Crippen LogP contribution in [0.4, 0.5) is 5.82 Å². The maximum atomic E-state index is 11.3. The Hall–Kier alpha value is -2.47. The summed E-state index contributed by atoms with van der Waals surface area (Å²) in [5.41, 5.74) is 6.80. The Bertz CT molecular complexity index is 866. The van der Waals surface area contributed by atoms with E-state index in [0.717, 1.165) is 24.3 Å². The van der Waals surface area contributed by atoms with E-state index < -0.39 is 5.91 Å². The van der Waals surface area contributed by atoms with Crippen LogP contribution < -0.4 is 20.5 Å². The summed E-state index contributed by atoms with van der Waals surface area (Å²) in [4.78, 5) is 15.5. The van der Waals surface area contributed by atoms with Crippen molar-refractivity contribution in [3.05, 3.63) is 46.6 Å². The molecule has 27 heavy (non-hydrogen) atoms. The van der Waals surface area contributed by atoms with Gasteiger partial charge in [0.2, 0.25) is 5.91 Å². The van der Waals surface area contributed by atoms with Crippen molar-refractivity contribution in [1.29, 1.82) is 0 Å². The molecule has 0 atom stereocenters. The molecule has 3 N–H and O–H groups in total. The zero-order valence-corrected chi connectivity index (χ0v) is 15.7. The summed E-state index contributed by atoms with van der Waals surface area (Å²) in [5.74, 6) is 1.63. The second kappa shape index (κ2) is 7.27. The van der Waals surface area contributed by atoms with Gasteiger partial charge in [0.15, 0.2) is 11.5 Å². The first kappa shape index (κ1) is 17.9. The number of ether oxygens (including phenoxy) is 2. The molecule has 7 heteroatoms. The average Bonchev–Trinajstić information content (AvgIpc) is 3.16. The molecular formula is C20H22ClN3O3. The molecule has 0 spiro atoms. The maximum absolute atomic E-state index is 11.3. The summed E-state index contributed by atoms with van der Waals surface area (Å²) in [6.07, 6.45) is 5.96. The van der Waals surface area contributed by atoms with Crippen LogP contribution in [-0.2, 0) is 5.41 Å². The number of nitrogens with two attached hydrogens (primary N) is 1. The Labute approximate surface area is 163 Å². The van der Waals surface area contributed by atoms with Crippen molar-refractivity contribution in [3.8, 4) is 11.5 Å². The fraction of sp³-hybridized carbons (Fsp3) is 0.400. The first-order chi connectivity index (χ1) is 13.1. The van der Waals surface area contributed by atoms with E-state index in [-0.39, 0.29) is 5.41 Å². The van der Waals surface area contributed by atoms with Gasteiger partial charge in [0.25, 0.3) is 0 Å². The number of pyridine rings is 1. The Balaban J connectivity index is 1.57. The molecule has 4 rings (SSSR count). The van der Waals surface area contributed by atoms with Crippen molar-refractivity contribution in [1.82, 2.24) is 4.98 Å². The highest BCUT2D eigenvalue weighted by molar-refractivity contribution is 6.33. The number of carbonyl (C=O) groups excluding carboxylic acids is 1. The van der Waals surface area contributed by atoms with Crippen LogP contribution in [0.25, 0.3) is 0 Å². The van der Waals surface area contributed by atoms with E-state index in [2.05, 4.69) is 22.4 Å². The second-order valence-corrected chi connectivity index (χ2v) is 7.53. The minimum Gasteiger partial charge on any atom is -0.486 e. The molecule has 6 nitrogen and oxygen atoms in total. The molecule has 1 saturated carbocycles. The van der Waals surface area contributed by atoms with E-state index in [1.165, 1.54) is 24.6 Å². The highest BCUT2D eigenvalue weighted by Crippen LogP contribution is 2.44. The number of fused-ring (bicyclic) bond motifs is 1. The number of rotatable bonds is 5. The number of nitrogens with zero attached hydrogens (tertiary/aromatic N) is 1. The van der Waals surface area contributed by atoms with Gasteiger partial charge in [0, 0.05) is 18.2 Å². The lowest BCUT2D eigenvalue weighted by atomic mass is 9.78. The molecule has 2 aliphatic rings. The largest absolute Gasteiger partial charge is 0.486 e. The highest BCUT2D eigenvalue weighted by atomic mass is 35.5. The van der Waals surface area contributed by atoms with Crippen molar-refractivity contribution in [3.63, 3.8) is 0 Å². The molecule has 0 radical (unpaired) electrons. The summed E-state index contributed by atoms with van der Waals surface area (Å²) in [6.45, 7) is 1.87. The van der Waals surface area contributed by atoms with Crippen LogP contribution >= 0.6 is 11.6 Å². The molecule has 0 saturated heterocycles. The molecule has 1 amide bonds. The Morgan fingerprint density at radius 1 is 1.19 bits per heavy atom. The smallest absolute Gasteiger partial charge is 0.250 e. The van der Waals surface area contributed by atoms with Gasteiger partial charge in [0.05, 0.1) is 10.6 Å². The molecule has 142 valence electrons. The third-order valence-electron chi connectivity index (χ3n) is 5.44. The van der Waals surface area contributed by atoms with Gasteiger partial charge in [-0.1, -0.05) is 30.5 Å². The first-order valence-corrected chi connectivity index (χ1v) is 9.55. The van der Waals surface area contributed by atoms with Crippen LogP contribution in [0.3, 0.4) is 0 Å². The lowest BCUT2D eigenvalue weighted by Crippen LogP contribution is -2.32. The first-order valence-electron chi connectivity index (χ1n) is 9.17. The Kier molecular flexibility index (Phi) is 4.83. The molecule has 2 aromatic rings. The van der Waals surface area contributed by atoms with Gasteiger partial charge in [-0.3, -0.25) is 4.79 Å². The van der Waals surface area contributed by atoms with Gasteiger partial charge in [-0.25, -0.2) is 4.98 Å². The fourth-order valence-electron chi connectivity index (χ4n) is 3.95. The number of anilines is 1. The maximum Gasteiger partial charge on any atom is 0.250 e. The van der Waals surface area contributed by atoms with Crippen molar-refractivity contribution < 1.29 is 14.3 Å². The molecule has 0 unspecified atom stereocenters. The third kappa shape index (κ3) is 3.54. The van der Waals surface area contributed by atoms with Crippen molar-refractivity contribution in [2.75, 3.05) is 25.1 Å². The number of nitrogens with one attached hydrogen (secondary N) is 1. The summed E-state index contributed by atoms with van der Waals surface area (Å²) < 4.78 is 11.4. The van der Waals surface area contributed by atoms with Crippen LogP contribution in [0.1, 0.15) is 41.6 Å². The Morgan fingerprint density at radius 3 is 2.63 bits per heavy atom. The standard InChI is InChI=1S/C20H22ClN3O3/c21-15-9-13(18(22)25)11-23-19(15)24-12-20(5-1-2-6-20)14-3-4-16-17(10-14)27-8-7-26-16/h3-4,9-11H,1-2,5-8,12H2,(H2,22,25)(H,23,24). The lowest BCUT2D eigenvalue weighted by Gasteiger charge is -2.31. The number of benzene rings is 1. The molecule has 1 aromatic carbocycles. The van der Waals surface area contributed by atoms with Crippen LogP contribution in [0.15, 0.2) is 30.5 Å². The molecule has 1 aliphatic heterocycles. The summed E-state index contributed by atoms with van der Waals surface area (Å²) in [6, 6.07) is 7.78. The van der Waals surface area contributed by atoms with E-state index >= 15 is 0 Å². The van der Waals surface area contributed by atoms with Crippen LogP contribution in [-0.4, -0.2) is 30.6 Å². The van der Waals surface area contributed by atoms with E-state index in [4.69, 9.17) is 26.8 Å². The minimum atomic E-state index is -0.542. The normalized spacial score (nSPS) is 17.5. The minimum absolute atomic E-state index is 0.0107. The molecule has 1 aliphatic carbocycles. The van der Waals surface area contributed by atoms with E-state index in [9.17, 15) is 4.79 Å². The summed E-state index contributed by atoms with van der Waals surface area (Å²) in [7, 11) is 0. The monoisotopic (exact) mass is 387 g/mol. The SMILES string of the molecule is NC(=O)c1cnc(NCC2(c3ccc4c(c3)OCCO4)CCCC2)c(Cl)c1. The van der Waals surface area contributed by atoms with Crippen LogP contribution in [0.5, 0.6) is 11.5 Å². The summed E-state index contributed by atoms with van der Waals surface area (Å²) in [5, 5.41) is 3.76. The number of aromatic nitrogens is 1. The number of halogens is 1. The van der Waals surface area contributed by atoms with Crippen LogP contribution in [0.2, 0.25) is 5.02 Å². The van der Waals surface area contributed by atoms with Gasteiger partial charge < -0.3 is 20.5 Å². The number of amides is 1. The lowest BCUT2D eigenvalue weighted by molar-refractivity contribution is 0.1000.